The highest BCUT2D eigenvalue weighted by Gasteiger charge is 2.28. The van der Waals surface area contributed by atoms with Gasteiger partial charge in [-0.15, -0.1) is 11.3 Å². The van der Waals surface area contributed by atoms with Crippen LogP contribution >= 0.6 is 11.3 Å². The molecule has 1 aliphatic rings. The van der Waals surface area contributed by atoms with Gasteiger partial charge in [-0.25, -0.2) is 0 Å². The minimum Gasteiger partial charge on any atom is -0.508 e. The summed E-state index contributed by atoms with van der Waals surface area (Å²) in [6, 6.07) is 15.4. The van der Waals surface area contributed by atoms with E-state index in [0.29, 0.717) is 27.7 Å². The molecule has 3 N–H and O–H groups in total. The zero-order chi connectivity index (χ0) is 20.4. The van der Waals surface area contributed by atoms with Crippen LogP contribution in [0.25, 0.3) is 0 Å². The monoisotopic (exact) mass is 406 g/mol. The van der Waals surface area contributed by atoms with E-state index in [-0.39, 0.29) is 17.6 Å². The number of benzene rings is 2. The summed E-state index contributed by atoms with van der Waals surface area (Å²) in [6.45, 7) is 2.21. The fourth-order valence-corrected chi connectivity index (χ4v) is 5.02. The van der Waals surface area contributed by atoms with Gasteiger partial charge in [-0.1, -0.05) is 31.2 Å². The van der Waals surface area contributed by atoms with E-state index < -0.39 is 0 Å². The van der Waals surface area contributed by atoms with Gasteiger partial charge in [0, 0.05) is 22.2 Å². The molecule has 0 fully saturated rings. The molecule has 1 atom stereocenters. The summed E-state index contributed by atoms with van der Waals surface area (Å²) >= 11 is 1.49. The van der Waals surface area contributed by atoms with Crippen molar-refractivity contribution >= 4 is 33.8 Å². The summed E-state index contributed by atoms with van der Waals surface area (Å²) in [5.74, 6) is 0.136. The largest absolute Gasteiger partial charge is 0.508 e. The standard InChI is InChI=1S/C23H22N2O3S/c1-14-10-11-18-19(12-14)29-23(25-21(27)15-6-3-2-4-7-15)20(18)22(28)24-16-8-5-9-17(26)13-16/h2-9,13-14,26H,10-12H2,1H3,(H,24,28)(H,25,27)/t14-/m0/s1. The maximum Gasteiger partial charge on any atom is 0.258 e. The molecule has 29 heavy (non-hydrogen) atoms. The Labute approximate surface area is 173 Å². The van der Waals surface area contributed by atoms with Crippen molar-refractivity contribution in [3.63, 3.8) is 0 Å². The van der Waals surface area contributed by atoms with Crippen LogP contribution in [-0.2, 0) is 12.8 Å². The van der Waals surface area contributed by atoms with Crippen LogP contribution in [0.15, 0.2) is 54.6 Å². The zero-order valence-electron chi connectivity index (χ0n) is 16.1. The highest BCUT2D eigenvalue weighted by Crippen LogP contribution is 2.40. The van der Waals surface area contributed by atoms with E-state index in [1.165, 1.54) is 17.4 Å². The second-order valence-corrected chi connectivity index (χ2v) is 8.49. The first-order valence-electron chi connectivity index (χ1n) is 9.62. The minimum atomic E-state index is -0.272. The number of rotatable bonds is 4. The summed E-state index contributed by atoms with van der Waals surface area (Å²) in [5.41, 5.74) is 2.62. The van der Waals surface area contributed by atoms with Crippen LogP contribution in [0.3, 0.4) is 0 Å². The van der Waals surface area contributed by atoms with Crippen molar-refractivity contribution in [1.29, 1.82) is 0 Å². The second kappa shape index (κ2) is 8.09. The number of hydrogen-bond donors (Lipinski definition) is 3. The van der Waals surface area contributed by atoms with Gasteiger partial charge < -0.3 is 15.7 Å². The Bertz CT molecular complexity index is 1060. The topological polar surface area (TPSA) is 78.4 Å². The van der Waals surface area contributed by atoms with E-state index >= 15 is 0 Å². The normalized spacial score (nSPS) is 15.4. The number of carbonyl (C=O) groups is 2. The first-order valence-corrected chi connectivity index (χ1v) is 10.4. The molecule has 1 aliphatic carbocycles. The molecule has 3 aromatic rings. The van der Waals surface area contributed by atoms with Crippen molar-refractivity contribution in [3.05, 3.63) is 76.2 Å². The fourth-order valence-electron chi connectivity index (χ4n) is 3.62. The molecule has 0 radical (unpaired) electrons. The smallest absolute Gasteiger partial charge is 0.258 e. The van der Waals surface area contributed by atoms with Gasteiger partial charge in [0.2, 0.25) is 0 Å². The van der Waals surface area contributed by atoms with Crippen LogP contribution in [0, 0.1) is 5.92 Å². The Morgan fingerprint density at radius 1 is 1.03 bits per heavy atom. The number of fused-ring (bicyclic) bond motifs is 1. The number of anilines is 2. The van der Waals surface area contributed by atoms with Crippen LogP contribution in [0.4, 0.5) is 10.7 Å². The third-order valence-electron chi connectivity index (χ3n) is 5.11. The third-order valence-corrected chi connectivity index (χ3v) is 6.28. The lowest BCUT2D eigenvalue weighted by molar-refractivity contribution is 0.102. The lowest BCUT2D eigenvalue weighted by atomic mass is 9.88. The van der Waals surface area contributed by atoms with E-state index in [9.17, 15) is 14.7 Å². The van der Waals surface area contributed by atoms with Gasteiger partial charge in [-0.05, 0) is 55.0 Å². The molecular weight excluding hydrogens is 384 g/mol. The number of aromatic hydroxyl groups is 1. The number of phenols is 1. The SMILES string of the molecule is C[C@H]1CCc2c(sc(NC(=O)c3ccccc3)c2C(=O)Nc2cccc(O)c2)C1. The van der Waals surface area contributed by atoms with E-state index in [1.807, 2.05) is 18.2 Å². The lowest BCUT2D eigenvalue weighted by Crippen LogP contribution is -2.19. The van der Waals surface area contributed by atoms with E-state index in [2.05, 4.69) is 17.6 Å². The quantitative estimate of drug-likeness (QED) is 0.565. The average molecular weight is 407 g/mol. The Morgan fingerprint density at radius 2 is 1.83 bits per heavy atom. The van der Waals surface area contributed by atoms with Crippen molar-refractivity contribution in [1.82, 2.24) is 0 Å². The van der Waals surface area contributed by atoms with E-state index in [1.54, 1.807) is 30.3 Å². The summed E-state index contributed by atoms with van der Waals surface area (Å²) in [5, 5.41) is 16.1. The van der Waals surface area contributed by atoms with Crippen molar-refractivity contribution in [2.24, 2.45) is 5.92 Å². The summed E-state index contributed by atoms with van der Waals surface area (Å²) in [4.78, 5) is 27.0. The summed E-state index contributed by atoms with van der Waals surface area (Å²) < 4.78 is 0. The number of amides is 2. The third kappa shape index (κ3) is 4.17. The zero-order valence-corrected chi connectivity index (χ0v) is 16.9. The van der Waals surface area contributed by atoms with Crippen molar-refractivity contribution in [2.75, 3.05) is 10.6 Å². The van der Waals surface area contributed by atoms with Crippen LogP contribution < -0.4 is 10.6 Å². The summed E-state index contributed by atoms with van der Waals surface area (Å²) in [7, 11) is 0. The first kappa shape index (κ1) is 19.2. The molecule has 1 heterocycles. The van der Waals surface area contributed by atoms with Gasteiger partial charge in [0.15, 0.2) is 0 Å². The van der Waals surface area contributed by atoms with Crippen LogP contribution in [0.1, 0.15) is 44.5 Å². The van der Waals surface area contributed by atoms with Crippen molar-refractivity contribution in [2.45, 2.75) is 26.2 Å². The van der Waals surface area contributed by atoms with Gasteiger partial charge in [-0.3, -0.25) is 9.59 Å². The highest BCUT2D eigenvalue weighted by atomic mass is 32.1. The maximum atomic E-state index is 13.1. The maximum absolute atomic E-state index is 13.1. The first-order chi connectivity index (χ1) is 14.0. The molecule has 2 aromatic carbocycles. The Hall–Kier alpha value is -3.12. The molecule has 4 rings (SSSR count). The minimum absolute atomic E-state index is 0.0848. The van der Waals surface area contributed by atoms with E-state index in [4.69, 9.17) is 0 Å². The molecule has 0 saturated carbocycles. The summed E-state index contributed by atoms with van der Waals surface area (Å²) in [6.07, 6.45) is 2.74. The molecular formula is C23H22N2O3S. The van der Waals surface area contributed by atoms with E-state index in [0.717, 1.165) is 29.7 Å². The van der Waals surface area contributed by atoms with Gasteiger partial charge >= 0.3 is 0 Å². The highest BCUT2D eigenvalue weighted by molar-refractivity contribution is 7.17. The van der Waals surface area contributed by atoms with Crippen LogP contribution in [0.5, 0.6) is 5.75 Å². The molecule has 6 heteroatoms. The fraction of sp³-hybridized carbons (Fsp3) is 0.217. The second-order valence-electron chi connectivity index (χ2n) is 7.38. The molecule has 148 valence electrons. The average Bonchev–Trinajstić information content (AvgIpc) is 3.05. The predicted molar refractivity (Wildman–Crippen MR) is 116 cm³/mol. The van der Waals surface area contributed by atoms with Gasteiger partial charge in [0.1, 0.15) is 10.8 Å². The Kier molecular flexibility index (Phi) is 5.36. The van der Waals surface area contributed by atoms with Crippen LogP contribution in [0.2, 0.25) is 0 Å². The molecule has 0 aliphatic heterocycles. The lowest BCUT2D eigenvalue weighted by Gasteiger charge is -2.18. The van der Waals surface area contributed by atoms with Gasteiger partial charge in [0.05, 0.1) is 5.56 Å². The molecule has 2 amide bonds. The Balaban J connectivity index is 1.67. The Morgan fingerprint density at radius 3 is 2.59 bits per heavy atom. The molecule has 0 saturated heterocycles. The number of carbonyl (C=O) groups excluding carboxylic acids is 2. The number of hydrogen-bond acceptors (Lipinski definition) is 4. The van der Waals surface area contributed by atoms with Crippen molar-refractivity contribution in [3.8, 4) is 5.75 Å². The number of phenolic OH excluding ortho intramolecular Hbond substituents is 1. The predicted octanol–water partition coefficient (Wildman–Crippen LogP) is 5.08. The molecule has 5 nitrogen and oxygen atoms in total. The van der Waals surface area contributed by atoms with Gasteiger partial charge in [0.25, 0.3) is 11.8 Å². The van der Waals surface area contributed by atoms with Crippen molar-refractivity contribution < 1.29 is 14.7 Å². The van der Waals surface area contributed by atoms with Gasteiger partial charge in [-0.2, -0.15) is 0 Å². The van der Waals surface area contributed by atoms with Crippen LogP contribution in [-0.4, -0.2) is 16.9 Å². The molecule has 0 bridgehead atoms. The number of nitrogens with one attached hydrogen (secondary N) is 2. The molecule has 0 spiro atoms. The molecule has 0 unspecified atom stereocenters. The number of thiophene rings is 1. The molecule has 1 aromatic heterocycles.